The van der Waals surface area contributed by atoms with E-state index in [9.17, 15) is 4.79 Å². The van der Waals surface area contributed by atoms with Gasteiger partial charge in [-0.25, -0.2) is 4.98 Å². The molecule has 108 valence electrons. The third-order valence-electron chi connectivity index (χ3n) is 3.02. The van der Waals surface area contributed by atoms with Crippen molar-refractivity contribution < 1.29 is 4.79 Å². The molecule has 0 aliphatic carbocycles. The van der Waals surface area contributed by atoms with Crippen LogP contribution in [0.3, 0.4) is 0 Å². The smallest absolute Gasteiger partial charge is 0.231 e. The molecule has 1 aromatic heterocycles. The number of aliphatic imine (C=N–C) groups is 1. The highest BCUT2D eigenvalue weighted by molar-refractivity contribution is 8.14. The van der Waals surface area contributed by atoms with Gasteiger partial charge in [0, 0.05) is 16.7 Å². The van der Waals surface area contributed by atoms with Crippen LogP contribution in [0.15, 0.2) is 34.6 Å². The number of hydrogen-bond donors (Lipinski definition) is 1. The number of amides is 1. The molecule has 0 fully saturated rings. The predicted molar refractivity (Wildman–Crippen MR) is 88.9 cm³/mol. The number of hydrogen-bond acceptors (Lipinski definition) is 5. The standard InChI is InChI=1S/C15H15N3OS2/c1-10-2-4-11(5-3-10)14-17-12(9-21-14)8-13(19)18-15-16-6-7-20-15/h2-5,9H,6-8H2,1H3,(H,16,18,19). The Morgan fingerprint density at radius 2 is 2.14 bits per heavy atom. The van der Waals surface area contributed by atoms with Crippen molar-refractivity contribution in [2.45, 2.75) is 13.3 Å². The predicted octanol–water partition coefficient (Wildman–Crippen LogP) is 2.88. The van der Waals surface area contributed by atoms with Crippen LogP contribution < -0.4 is 5.32 Å². The van der Waals surface area contributed by atoms with Gasteiger partial charge in [0.25, 0.3) is 0 Å². The minimum absolute atomic E-state index is 0.0519. The summed E-state index contributed by atoms with van der Waals surface area (Å²) in [7, 11) is 0. The highest BCUT2D eigenvalue weighted by atomic mass is 32.2. The summed E-state index contributed by atoms with van der Waals surface area (Å²) in [6.45, 7) is 2.85. The molecule has 0 saturated carbocycles. The monoisotopic (exact) mass is 317 g/mol. The van der Waals surface area contributed by atoms with Crippen molar-refractivity contribution in [3.05, 3.63) is 40.9 Å². The first-order valence-electron chi connectivity index (χ1n) is 6.69. The molecule has 1 aliphatic rings. The first kappa shape index (κ1) is 14.3. The van der Waals surface area contributed by atoms with Gasteiger partial charge in [-0.05, 0) is 6.92 Å². The number of nitrogens with one attached hydrogen (secondary N) is 1. The molecule has 1 aliphatic heterocycles. The Labute approximate surface area is 131 Å². The summed E-state index contributed by atoms with van der Waals surface area (Å²) in [5.41, 5.74) is 3.12. The zero-order valence-electron chi connectivity index (χ0n) is 11.6. The lowest BCUT2D eigenvalue weighted by Gasteiger charge is -2.01. The number of carbonyl (C=O) groups excluding carboxylic acids is 1. The van der Waals surface area contributed by atoms with Crippen LogP contribution in [0, 0.1) is 6.92 Å². The quantitative estimate of drug-likeness (QED) is 0.947. The van der Waals surface area contributed by atoms with Gasteiger partial charge in [-0.3, -0.25) is 9.79 Å². The van der Waals surface area contributed by atoms with Crippen LogP contribution in [0.2, 0.25) is 0 Å². The van der Waals surface area contributed by atoms with Gasteiger partial charge < -0.3 is 5.32 Å². The van der Waals surface area contributed by atoms with Gasteiger partial charge in [0.05, 0.1) is 18.7 Å². The summed E-state index contributed by atoms with van der Waals surface area (Å²) in [5, 5.41) is 6.45. The molecule has 0 unspecified atom stereocenters. The minimum Gasteiger partial charge on any atom is -0.305 e. The Kier molecular flexibility index (Phi) is 4.36. The molecule has 0 saturated heterocycles. The van der Waals surface area contributed by atoms with E-state index < -0.39 is 0 Å². The molecule has 2 aromatic rings. The van der Waals surface area contributed by atoms with Crippen LogP contribution in [0.1, 0.15) is 11.3 Å². The third kappa shape index (κ3) is 3.71. The van der Waals surface area contributed by atoms with E-state index in [0.29, 0.717) is 6.42 Å². The molecule has 0 atom stereocenters. The molecule has 0 spiro atoms. The maximum absolute atomic E-state index is 11.9. The van der Waals surface area contributed by atoms with Crippen LogP contribution in [0.4, 0.5) is 0 Å². The molecule has 3 rings (SSSR count). The van der Waals surface area contributed by atoms with E-state index in [2.05, 4.69) is 46.5 Å². The van der Waals surface area contributed by atoms with Gasteiger partial charge in [0.15, 0.2) is 5.17 Å². The van der Waals surface area contributed by atoms with E-state index in [4.69, 9.17) is 0 Å². The average molecular weight is 317 g/mol. The van der Waals surface area contributed by atoms with Crippen molar-refractivity contribution >= 4 is 34.2 Å². The molecule has 6 heteroatoms. The van der Waals surface area contributed by atoms with Gasteiger partial charge in [0.1, 0.15) is 5.01 Å². The lowest BCUT2D eigenvalue weighted by Crippen LogP contribution is -2.28. The van der Waals surface area contributed by atoms with E-state index in [1.807, 2.05) is 5.38 Å². The molecule has 0 bridgehead atoms. The highest BCUT2D eigenvalue weighted by Gasteiger charge is 2.13. The number of carbonyl (C=O) groups is 1. The molecule has 4 nitrogen and oxygen atoms in total. The van der Waals surface area contributed by atoms with Gasteiger partial charge in [-0.2, -0.15) is 0 Å². The fourth-order valence-electron chi connectivity index (χ4n) is 1.96. The molecular formula is C15H15N3OS2. The second kappa shape index (κ2) is 6.41. The SMILES string of the molecule is Cc1ccc(-c2nc(CC(=O)NC3=NCCS3)cs2)cc1. The minimum atomic E-state index is -0.0519. The summed E-state index contributed by atoms with van der Waals surface area (Å²) in [6.07, 6.45) is 0.294. The molecule has 2 heterocycles. The molecule has 1 N–H and O–H groups in total. The Bertz CT molecular complexity index is 676. The number of aryl methyl sites for hydroxylation is 1. The summed E-state index contributed by atoms with van der Waals surface area (Å²) in [4.78, 5) is 20.7. The van der Waals surface area contributed by atoms with Crippen molar-refractivity contribution in [3.8, 4) is 10.6 Å². The molecule has 0 radical (unpaired) electrons. The van der Waals surface area contributed by atoms with Crippen molar-refractivity contribution in [2.24, 2.45) is 4.99 Å². The first-order valence-corrected chi connectivity index (χ1v) is 8.56. The van der Waals surface area contributed by atoms with Gasteiger partial charge in [-0.1, -0.05) is 41.6 Å². The van der Waals surface area contributed by atoms with Crippen LogP contribution in [0.5, 0.6) is 0 Å². The summed E-state index contributed by atoms with van der Waals surface area (Å²) < 4.78 is 0. The fraction of sp³-hybridized carbons (Fsp3) is 0.267. The van der Waals surface area contributed by atoms with E-state index in [0.717, 1.165) is 33.7 Å². The van der Waals surface area contributed by atoms with Gasteiger partial charge >= 0.3 is 0 Å². The Balaban J connectivity index is 1.64. The normalized spacial score (nSPS) is 14.0. The average Bonchev–Trinajstić information content (AvgIpc) is 3.11. The zero-order chi connectivity index (χ0) is 14.7. The second-order valence-electron chi connectivity index (χ2n) is 4.77. The first-order chi connectivity index (χ1) is 10.2. The number of thiazole rings is 1. The lowest BCUT2D eigenvalue weighted by atomic mass is 10.2. The van der Waals surface area contributed by atoms with E-state index in [1.165, 1.54) is 5.56 Å². The Morgan fingerprint density at radius 1 is 1.33 bits per heavy atom. The summed E-state index contributed by atoms with van der Waals surface area (Å²) >= 11 is 3.15. The van der Waals surface area contributed by atoms with Crippen molar-refractivity contribution in [2.75, 3.05) is 12.3 Å². The molecule has 1 amide bonds. The van der Waals surface area contributed by atoms with Crippen LogP contribution in [-0.2, 0) is 11.2 Å². The molecule has 1 aromatic carbocycles. The number of aromatic nitrogens is 1. The summed E-state index contributed by atoms with van der Waals surface area (Å²) in [5.74, 6) is 0.896. The van der Waals surface area contributed by atoms with E-state index in [-0.39, 0.29) is 5.91 Å². The number of thioether (sulfide) groups is 1. The largest absolute Gasteiger partial charge is 0.305 e. The second-order valence-corrected chi connectivity index (χ2v) is 6.71. The van der Waals surface area contributed by atoms with Crippen LogP contribution in [-0.4, -0.2) is 28.4 Å². The maximum atomic E-state index is 11.9. The van der Waals surface area contributed by atoms with Crippen molar-refractivity contribution in [3.63, 3.8) is 0 Å². The number of rotatable bonds is 3. The highest BCUT2D eigenvalue weighted by Crippen LogP contribution is 2.24. The topological polar surface area (TPSA) is 54.4 Å². The van der Waals surface area contributed by atoms with Crippen molar-refractivity contribution in [1.82, 2.24) is 10.3 Å². The van der Waals surface area contributed by atoms with Crippen LogP contribution in [0.25, 0.3) is 10.6 Å². The van der Waals surface area contributed by atoms with E-state index in [1.54, 1.807) is 23.1 Å². The van der Waals surface area contributed by atoms with Gasteiger partial charge in [-0.15, -0.1) is 11.3 Å². The van der Waals surface area contributed by atoms with Gasteiger partial charge in [0.2, 0.25) is 5.91 Å². The molecule has 21 heavy (non-hydrogen) atoms. The van der Waals surface area contributed by atoms with Crippen LogP contribution >= 0.6 is 23.1 Å². The third-order valence-corrected chi connectivity index (χ3v) is 4.86. The number of benzene rings is 1. The summed E-state index contributed by atoms with van der Waals surface area (Å²) in [6, 6.07) is 8.25. The zero-order valence-corrected chi connectivity index (χ0v) is 13.3. The van der Waals surface area contributed by atoms with Crippen molar-refractivity contribution in [1.29, 1.82) is 0 Å². The maximum Gasteiger partial charge on any atom is 0.231 e. The number of amidine groups is 1. The van der Waals surface area contributed by atoms with E-state index >= 15 is 0 Å². The molecular weight excluding hydrogens is 302 g/mol. The lowest BCUT2D eigenvalue weighted by molar-refractivity contribution is -0.119. The fourth-order valence-corrected chi connectivity index (χ4v) is 3.53. The Morgan fingerprint density at radius 3 is 2.86 bits per heavy atom. The Hall–Kier alpha value is -1.66. The number of nitrogens with zero attached hydrogens (tertiary/aromatic N) is 2.